The lowest BCUT2D eigenvalue weighted by atomic mass is 10.3. The number of nitrogens with one attached hydrogen (secondary N) is 3. The Morgan fingerprint density at radius 1 is 0.957 bits per heavy atom. The molecule has 0 bridgehead atoms. The molecule has 1 amide bonds. The lowest BCUT2D eigenvalue weighted by molar-refractivity contribution is -0.113. The third-order valence-corrected chi connectivity index (χ3v) is 9.16. The van der Waals surface area contributed by atoms with E-state index in [0.29, 0.717) is 33.3 Å². The number of nitrogens with zero attached hydrogens (tertiary/aromatic N) is 6. The van der Waals surface area contributed by atoms with Gasteiger partial charge in [0.15, 0.2) is 16.1 Å². The van der Waals surface area contributed by atoms with Crippen LogP contribution in [0.5, 0.6) is 11.9 Å². The summed E-state index contributed by atoms with van der Waals surface area (Å²) in [6.45, 7) is 1.75. The summed E-state index contributed by atoms with van der Waals surface area (Å²) in [6, 6.07) is 17.8. The number of hydrogen-bond donors (Lipinski definition) is 3. The number of anilines is 2. The van der Waals surface area contributed by atoms with Gasteiger partial charge in [0.2, 0.25) is 11.8 Å². The predicted octanol–water partition coefficient (Wildman–Crippen LogP) is 3.29. The van der Waals surface area contributed by atoms with Crippen molar-refractivity contribution in [2.24, 2.45) is 0 Å². The number of carbonyl (C=O) groups is 1. The number of hydrogen-bond acceptors (Lipinski definition) is 13. The van der Waals surface area contributed by atoms with Gasteiger partial charge in [-0.25, -0.2) is 13.4 Å². The van der Waals surface area contributed by atoms with Crippen LogP contribution in [0.3, 0.4) is 0 Å². The average molecular weight is 682 g/mol. The minimum atomic E-state index is -4.02. The third-order valence-electron chi connectivity index (χ3n) is 5.99. The molecule has 0 aliphatic rings. The van der Waals surface area contributed by atoms with Crippen LogP contribution in [0.1, 0.15) is 11.5 Å². The molecule has 3 aromatic heterocycles. The van der Waals surface area contributed by atoms with Gasteiger partial charge >= 0.3 is 6.01 Å². The van der Waals surface area contributed by atoms with E-state index in [0.717, 1.165) is 5.69 Å². The number of aryl methyl sites for hydroxylation is 1. The van der Waals surface area contributed by atoms with Crippen molar-refractivity contribution in [3.05, 3.63) is 88.6 Å². The number of sulfonamides is 1. The van der Waals surface area contributed by atoms with Crippen LogP contribution in [0.15, 0.2) is 86.7 Å². The molecule has 5 aromatic rings. The Balaban J connectivity index is 1.24. The van der Waals surface area contributed by atoms with Gasteiger partial charge in [-0.05, 0) is 43.3 Å². The van der Waals surface area contributed by atoms with Crippen LogP contribution in [0.2, 0.25) is 0 Å². The molecular formula is C28H27N9O6S3. The molecule has 0 saturated carbocycles. The van der Waals surface area contributed by atoms with E-state index in [4.69, 9.17) is 9.47 Å². The first-order valence-corrected chi connectivity index (χ1v) is 16.8. The zero-order valence-corrected chi connectivity index (χ0v) is 27.1. The summed E-state index contributed by atoms with van der Waals surface area (Å²) >= 11 is 2.50. The third kappa shape index (κ3) is 8.20. The number of H-pyrrole nitrogens is 1. The first-order valence-electron chi connectivity index (χ1n) is 13.4. The molecule has 2 aromatic carbocycles. The molecule has 46 heavy (non-hydrogen) atoms. The lowest BCUT2D eigenvalue weighted by Crippen LogP contribution is -2.16. The number of para-hydroxylation sites is 1. The van der Waals surface area contributed by atoms with Gasteiger partial charge in [-0.2, -0.15) is 9.97 Å². The number of aromatic nitrogens is 7. The van der Waals surface area contributed by atoms with Crippen LogP contribution in [0, 0.1) is 6.92 Å². The molecule has 238 valence electrons. The fourth-order valence-electron chi connectivity index (χ4n) is 3.97. The van der Waals surface area contributed by atoms with Crippen molar-refractivity contribution < 1.29 is 22.7 Å². The van der Waals surface area contributed by atoms with Gasteiger partial charge in [0.25, 0.3) is 15.6 Å². The second-order valence-electron chi connectivity index (χ2n) is 9.30. The minimum absolute atomic E-state index is 0.00382. The molecule has 0 saturated heterocycles. The predicted molar refractivity (Wildman–Crippen MR) is 172 cm³/mol. The topological polar surface area (TPSA) is 196 Å². The molecule has 0 aliphatic carbocycles. The number of rotatable bonds is 13. The highest BCUT2D eigenvalue weighted by molar-refractivity contribution is 7.99. The fourth-order valence-corrected chi connectivity index (χ4v) is 6.57. The maximum absolute atomic E-state index is 12.9. The average Bonchev–Trinajstić information content (AvgIpc) is 3.45. The van der Waals surface area contributed by atoms with Crippen molar-refractivity contribution >= 4 is 51.0 Å². The van der Waals surface area contributed by atoms with E-state index >= 15 is 0 Å². The quantitative estimate of drug-likeness (QED) is 0.121. The molecule has 0 aliphatic heterocycles. The maximum Gasteiger partial charge on any atom is 0.321 e. The van der Waals surface area contributed by atoms with E-state index in [1.54, 1.807) is 6.92 Å². The van der Waals surface area contributed by atoms with E-state index in [1.807, 2.05) is 34.9 Å². The molecule has 18 heteroatoms. The summed E-state index contributed by atoms with van der Waals surface area (Å²) < 4.78 is 40.1. The normalized spacial score (nSPS) is 11.2. The van der Waals surface area contributed by atoms with Gasteiger partial charge in [0, 0.05) is 29.2 Å². The molecule has 0 radical (unpaired) electrons. The lowest BCUT2D eigenvalue weighted by Gasteiger charge is -2.11. The fraction of sp³-hybridized carbons (Fsp3) is 0.179. The van der Waals surface area contributed by atoms with Crippen molar-refractivity contribution in [1.29, 1.82) is 0 Å². The van der Waals surface area contributed by atoms with Crippen LogP contribution < -0.4 is 25.1 Å². The molecule has 15 nitrogen and oxygen atoms in total. The number of carbonyl (C=O) groups excluding carboxylic acids is 1. The SMILES string of the molecule is COc1cc(NS(=O)(=O)c2ccc(NC(=O)CSc3nnc(CSc4nc(C)cc(=O)[nH]4)n3-c3ccccc3)cc2)nc(OC)n1. The zero-order chi connectivity index (χ0) is 32.7. The standard InChI is InChI=1S/C28H27N9O6S3/c1-17-13-23(38)32-27(29-17)44-15-22-34-35-28(37(22)19-7-5-4-6-8-19)45-16-24(39)30-18-9-11-20(12-10-18)46(40,41)36-21-14-25(42-2)33-26(31-21)43-3/h4-14H,15-16H2,1-3H3,(H,30,39)(H,29,32,38)(H,31,33,36). The van der Waals surface area contributed by atoms with Gasteiger partial charge in [0.05, 0.1) is 30.6 Å². The number of benzene rings is 2. The minimum Gasteiger partial charge on any atom is -0.481 e. The number of methoxy groups -OCH3 is 2. The van der Waals surface area contributed by atoms with Crippen LogP contribution >= 0.6 is 23.5 Å². The van der Waals surface area contributed by atoms with Crippen LogP contribution in [-0.2, 0) is 20.6 Å². The Hall–Kier alpha value is -4.94. The molecular weight excluding hydrogens is 655 g/mol. The Morgan fingerprint density at radius 3 is 2.41 bits per heavy atom. The van der Waals surface area contributed by atoms with Gasteiger partial charge in [-0.15, -0.1) is 10.2 Å². The maximum atomic E-state index is 12.9. The Kier molecular flexibility index (Phi) is 10.2. The van der Waals surface area contributed by atoms with E-state index in [1.165, 1.54) is 74.1 Å². The summed E-state index contributed by atoms with van der Waals surface area (Å²) in [6.07, 6.45) is 0. The monoisotopic (exact) mass is 681 g/mol. The first-order chi connectivity index (χ1) is 22.1. The Morgan fingerprint density at radius 2 is 1.72 bits per heavy atom. The Labute approximate surface area is 271 Å². The smallest absolute Gasteiger partial charge is 0.321 e. The first kappa shape index (κ1) is 32.5. The highest BCUT2D eigenvalue weighted by atomic mass is 32.2. The zero-order valence-electron chi connectivity index (χ0n) is 24.6. The second kappa shape index (κ2) is 14.4. The van der Waals surface area contributed by atoms with Crippen LogP contribution in [0.4, 0.5) is 11.5 Å². The van der Waals surface area contributed by atoms with Crippen molar-refractivity contribution in [2.45, 2.75) is 27.9 Å². The number of aromatic amines is 1. The number of thioether (sulfide) groups is 2. The van der Waals surface area contributed by atoms with Gasteiger partial charge in [0.1, 0.15) is 5.82 Å². The molecule has 0 spiro atoms. The number of ether oxygens (including phenoxy) is 2. The Bertz CT molecular complexity index is 1980. The molecule has 0 atom stereocenters. The van der Waals surface area contributed by atoms with Crippen molar-refractivity contribution in [3.63, 3.8) is 0 Å². The van der Waals surface area contributed by atoms with Gasteiger partial charge < -0.3 is 19.8 Å². The van der Waals surface area contributed by atoms with Gasteiger partial charge in [-0.3, -0.25) is 18.9 Å². The highest BCUT2D eigenvalue weighted by Crippen LogP contribution is 2.26. The molecule has 3 N–H and O–H groups in total. The number of amides is 1. The molecule has 3 heterocycles. The summed E-state index contributed by atoms with van der Waals surface area (Å²) in [5.74, 6) is 0.721. The van der Waals surface area contributed by atoms with E-state index < -0.39 is 10.0 Å². The summed E-state index contributed by atoms with van der Waals surface area (Å²) in [4.78, 5) is 39.6. The molecule has 0 unspecified atom stereocenters. The summed E-state index contributed by atoms with van der Waals surface area (Å²) in [5, 5.41) is 12.4. The van der Waals surface area contributed by atoms with E-state index in [2.05, 4.69) is 40.2 Å². The summed E-state index contributed by atoms with van der Waals surface area (Å²) in [7, 11) is -1.29. The van der Waals surface area contributed by atoms with Crippen molar-refractivity contribution in [2.75, 3.05) is 30.0 Å². The second-order valence-corrected chi connectivity index (χ2v) is 12.9. The van der Waals surface area contributed by atoms with Crippen LogP contribution in [-0.4, -0.2) is 69.0 Å². The summed E-state index contributed by atoms with van der Waals surface area (Å²) in [5.41, 5.74) is 1.58. The van der Waals surface area contributed by atoms with Crippen molar-refractivity contribution in [3.8, 4) is 17.6 Å². The van der Waals surface area contributed by atoms with E-state index in [-0.39, 0.29) is 39.8 Å². The van der Waals surface area contributed by atoms with Crippen molar-refractivity contribution in [1.82, 2.24) is 34.7 Å². The largest absolute Gasteiger partial charge is 0.481 e. The highest BCUT2D eigenvalue weighted by Gasteiger charge is 2.19. The molecule has 0 fully saturated rings. The van der Waals surface area contributed by atoms with E-state index in [9.17, 15) is 18.0 Å². The molecule has 5 rings (SSSR count). The van der Waals surface area contributed by atoms with Crippen LogP contribution in [0.25, 0.3) is 5.69 Å². The van der Waals surface area contributed by atoms with Gasteiger partial charge in [-0.1, -0.05) is 41.7 Å².